The smallest absolute Gasteiger partial charge is 0.216 e. The van der Waals surface area contributed by atoms with Gasteiger partial charge in [0.1, 0.15) is 6.29 Å². The number of likely N-dealkylation sites (tertiary alicyclic amines) is 1. The lowest BCUT2D eigenvalue weighted by atomic mass is 9.94. The fraction of sp³-hybridized carbons (Fsp3) is 0.923. The van der Waals surface area contributed by atoms with Crippen molar-refractivity contribution < 1.29 is 14.6 Å². The molecule has 0 aromatic carbocycles. The van der Waals surface area contributed by atoms with Crippen molar-refractivity contribution in [2.24, 2.45) is 5.73 Å². The van der Waals surface area contributed by atoms with Gasteiger partial charge >= 0.3 is 0 Å². The van der Waals surface area contributed by atoms with Crippen LogP contribution in [0.3, 0.4) is 0 Å². The number of hydrogen-bond donors (Lipinski definition) is 7. The first-order valence-corrected chi connectivity index (χ1v) is 14.4. The van der Waals surface area contributed by atoms with E-state index in [-0.39, 0.29) is 36.6 Å². The van der Waals surface area contributed by atoms with Crippen LogP contribution >= 0.6 is 0 Å². The molecule has 3 heterocycles. The van der Waals surface area contributed by atoms with Gasteiger partial charge in [-0.2, -0.15) is 0 Å². The molecule has 0 aliphatic carbocycles. The molecule has 0 aromatic heterocycles. The van der Waals surface area contributed by atoms with E-state index in [1.54, 1.807) is 0 Å². The predicted octanol–water partition coefficient (Wildman–Crippen LogP) is -0.199. The van der Waals surface area contributed by atoms with Gasteiger partial charge in [-0.3, -0.25) is 31.6 Å². The highest BCUT2D eigenvalue weighted by atomic mass is 16.6. The van der Waals surface area contributed by atoms with Gasteiger partial charge in [0.05, 0.1) is 18.8 Å². The molecule has 0 radical (unpaired) electrons. The van der Waals surface area contributed by atoms with Crippen LogP contribution in [0.15, 0.2) is 11.6 Å². The molecule has 0 spiro atoms. The maximum atomic E-state index is 10.1. The van der Waals surface area contributed by atoms with Gasteiger partial charge in [0.2, 0.25) is 6.41 Å². The van der Waals surface area contributed by atoms with E-state index in [4.69, 9.17) is 15.2 Å². The van der Waals surface area contributed by atoms with E-state index in [1.807, 2.05) is 18.7 Å². The number of hydrogen-bond acceptors (Lipinski definition) is 11. The second kappa shape index (κ2) is 15.8. The Bertz CT molecular complexity index is 678. The Morgan fingerprint density at radius 3 is 2.57 bits per heavy atom. The lowest BCUT2D eigenvalue weighted by molar-refractivity contribution is -0.195. The van der Waals surface area contributed by atoms with Crippen LogP contribution in [0.25, 0.3) is 0 Å². The maximum absolute atomic E-state index is 10.1. The first-order valence-electron chi connectivity index (χ1n) is 14.4. The molecule has 7 atom stereocenters. The number of hydrazine groups is 1. The Balaban J connectivity index is 1.61. The summed E-state index contributed by atoms with van der Waals surface area (Å²) in [6.45, 7) is 15.9. The molecule has 8 N–H and O–H groups in total. The monoisotopic (exact) mass is 526 g/mol. The third kappa shape index (κ3) is 9.18. The van der Waals surface area contributed by atoms with Gasteiger partial charge in [-0.1, -0.05) is 18.6 Å². The summed E-state index contributed by atoms with van der Waals surface area (Å²) in [6.07, 6.45) is 5.25. The van der Waals surface area contributed by atoms with E-state index >= 15 is 0 Å². The van der Waals surface area contributed by atoms with Gasteiger partial charge in [-0.05, 0) is 53.4 Å². The minimum atomic E-state index is -0.817. The number of aliphatic hydroxyl groups is 1. The molecule has 0 saturated carbocycles. The minimum absolute atomic E-state index is 0.158. The molecule has 3 aliphatic heterocycles. The third-order valence-electron chi connectivity index (χ3n) is 7.85. The third-order valence-corrected chi connectivity index (χ3v) is 7.85. The largest absolute Gasteiger partial charge is 0.380 e. The second-order valence-corrected chi connectivity index (χ2v) is 10.6. The average molecular weight is 527 g/mol. The lowest BCUT2D eigenvalue weighted by Gasteiger charge is -2.38. The fourth-order valence-electron chi connectivity index (χ4n) is 5.86. The Kier molecular flexibility index (Phi) is 13.2. The van der Waals surface area contributed by atoms with Gasteiger partial charge in [-0.15, -0.1) is 0 Å². The molecule has 3 aliphatic rings. The molecule has 2 fully saturated rings. The van der Waals surface area contributed by atoms with E-state index in [9.17, 15) is 5.11 Å². The predicted molar refractivity (Wildman–Crippen MR) is 147 cm³/mol. The van der Waals surface area contributed by atoms with Crippen LogP contribution in [0.1, 0.15) is 60.3 Å². The highest BCUT2D eigenvalue weighted by Gasteiger charge is 2.44. The standard InChI is InChI=1S/C26H54N8O3/c1-6-21-23(31-25(27)30-20-10-13-33(14-11-20)26(35)37-8-3)24(34(32-21)15-16-36-7-2)19(5)29-22-17-18(4)9-12-28-22/h17,19-26,28-32,35H,6-16,27H2,1-5H3. The van der Waals surface area contributed by atoms with Crippen LogP contribution in [0.5, 0.6) is 0 Å². The maximum Gasteiger partial charge on any atom is 0.216 e. The van der Waals surface area contributed by atoms with Crippen LogP contribution in [0, 0.1) is 0 Å². The van der Waals surface area contributed by atoms with Crippen molar-refractivity contribution in [2.75, 3.05) is 46.0 Å². The summed E-state index contributed by atoms with van der Waals surface area (Å²) in [4.78, 5) is 1.98. The number of rotatable bonds is 15. The van der Waals surface area contributed by atoms with Gasteiger partial charge in [0.25, 0.3) is 0 Å². The topological polar surface area (TPSA) is 131 Å². The number of nitrogens with one attached hydrogen (secondary N) is 5. The Morgan fingerprint density at radius 2 is 1.92 bits per heavy atom. The van der Waals surface area contributed by atoms with Crippen LogP contribution in [-0.4, -0.2) is 110 Å². The fourth-order valence-corrected chi connectivity index (χ4v) is 5.86. The SMILES string of the molecule is CCOCCN1NC(CC)C(NC(N)NC2CCN(C(O)OCC)CC2)C1C(C)NC1C=C(C)CCN1. The number of ether oxygens (including phenoxy) is 2. The normalized spacial score (nSPS) is 30.8. The van der Waals surface area contributed by atoms with Crippen molar-refractivity contribution in [3.8, 4) is 0 Å². The molecular weight excluding hydrogens is 472 g/mol. The van der Waals surface area contributed by atoms with Crippen LogP contribution in [0.4, 0.5) is 0 Å². The summed E-state index contributed by atoms with van der Waals surface area (Å²) in [7, 11) is 0. The molecule has 0 bridgehead atoms. The van der Waals surface area contributed by atoms with Crippen LogP contribution < -0.4 is 32.4 Å². The van der Waals surface area contributed by atoms with Crippen molar-refractivity contribution in [1.82, 2.24) is 36.6 Å². The number of piperidine rings is 1. The zero-order chi connectivity index (χ0) is 26.8. The molecule has 216 valence electrons. The van der Waals surface area contributed by atoms with E-state index in [2.05, 4.69) is 58.5 Å². The van der Waals surface area contributed by atoms with Gasteiger partial charge < -0.3 is 20.3 Å². The van der Waals surface area contributed by atoms with Crippen molar-refractivity contribution in [2.45, 2.75) is 109 Å². The van der Waals surface area contributed by atoms with Crippen LogP contribution in [-0.2, 0) is 9.47 Å². The molecule has 0 aromatic rings. The Hall–Kier alpha value is -0.700. The molecular formula is C26H54N8O3. The lowest BCUT2D eigenvalue weighted by Crippen LogP contribution is -2.65. The number of aliphatic hydroxyl groups excluding tert-OH is 1. The van der Waals surface area contributed by atoms with Gasteiger partial charge in [-0.25, -0.2) is 5.01 Å². The van der Waals surface area contributed by atoms with Gasteiger partial charge in [0, 0.05) is 63.6 Å². The number of nitrogens with two attached hydrogens (primary N) is 1. The summed E-state index contributed by atoms with van der Waals surface area (Å²) < 4.78 is 11.0. The summed E-state index contributed by atoms with van der Waals surface area (Å²) in [5.74, 6) is 0. The first kappa shape index (κ1) is 30.8. The van der Waals surface area contributed by atoms with Gasteiger partial charge in [0.15, 0.2) is 0 Å². The molecule has 11 nitrogen and oxygen atoms in total. The van der Waals surface area contributed by atoms with E-state index in [0.717, 1.165) is 58.5 Å². The highest BCUT2D eigenvalue weighted by molar-refractivity contribution is 5.10. The van der Waals surface area contributed by atoms with Crippen molar-refractivity contribution in [3.05, 3.63) is 11.6 Å². The van der Waals surface area contributed by atoms with E-state index < -0.39 is 6.41 Å². The molecule has 3 rings (SSSR count). The summed E-state index contributed by atoms with van der Waals surface area (Å²) >= 11 is 0. The Labute approximate surface area is 224 Å². The average Bonchev–Trinajstić information content (AvgIpc) is 3.21. The summed E-state index contributed by atoms with van der Waals surface area (Å²) in [6, 6.07) is 1.12. The highest BCUT2D eigenvalue weighted by Crippen LogP contribution is 2.22. The zero-order valence-electron chi connectivity index (χ0n) is 23.7. The van der Waals surface area contributed by atoms with Crippen molar-refractivity contribution in [1.29, 1.82) is 0 Å². The zero-order valence-corrected chi connectivity index (χ0v) is 23.7. The van der Waals surface area contributed by atoms with Crippen molar-refractivity contribution in [3.63, 3.8) is 0 Å². The molecule has 2 saturated heterocycles. The first-order chi connectivity index (χ1) is 17.9. The van der Waals surface area contributed by atoms with Crippen molar-refractivity contribution >= 4 is 0 Å². The Morgan fingerprint density at radius 1 is 1.16 bits per heavy atom. The number of nitrogens with zero attached hydrogens (tertiary/aromatic N) is 2. The summed E-state index contributed by atoms with van der Waals surface area (Å²) in [5, 5.41) is 27.2. The molecule has 11 heteroatoms. The quantitative estimate of drug-likeness (QED) is 0.0870. The van der Waals surface area contributed by atoms with Crippen LogP contribution in [0.2, 0.25) is 0 Å². The summed E-state index contributed by atoms with van der Waals surface area (Å²) in [5.41, 5.74) is 11.8. The second-order valence-electron chi connectivity index (χ2n) is 10.6. The molecule has 7 unspecified atom stereocenters. The minimum Gasteiger partial charge on any atom is -0.380 e. The molecule has 0 amide bonds. The van der Waals surface area contributed by atoms with E-state index in [1.165, 1.54) is 5.57 Å². The molecule has 37 heavy (non-hydrogen) atoms. The van der Waals surface area contributed by atoms with E-state index in [0.29, 0.717) is 19.3 Å².